The van der Waals surface area contributed by atoms with E-state index in [9.17, 15) is 18.3 Å². The third kappa shape index (κ3) is 2.97. The zero-order valence-corrected chi connectivity index (χ0v) is 11.3. The first-order chi connectivity index (χ1) is 9.27. The van der Waals surface area contributed by atoms with E-state index in [0.717, 1.165) is 6.26 Å². The Morgan fingerprint density at radius 2 is 2.10 bits per heavy atom. The molecule has 0 unspecified atom stereocenters. The largest absolute Gasteiger partial charge is 0.508 e. The molecule has 8 heteroatoms. The number of nitrogens with one attached hydrogen (secondary N) is 1. The summed E-state index contributed by atoms with van der Waals surface area (Å²) in [5, 5.41) is 18.0. The molecular weight excluding hydrogens is 284 g/mol. The number of carbonyl (C=O) groups is 1. The van der Waals surface area contributed by atoms with Crippen molar-refractivity contribution in [1.29, 1.82) is 0 Å². The molecule has 2 aromatic rings. The Labute approximate surface area is 114 Å². The van der Waals surface area contributed by atoms with Crippen LogP contribution in [0.1, 0.15) is 21.7 Å². The lowest BCUT2D eigenvalue weighted by atomic mass is 10.1. The first kappa shape index (κ1) is 14.1. The van der Waals surface area contributed by atoms with Crippen LogP contribution in [-0.2, 0) is 16.3 Å². The van der Waals surface area contributed by atoms with Gasteiger partial charge in [0.15, 0.2) is 5.69 Å². The molecule has 0 atom stereocenters. The van der Waals surface area contributed by atoms with E-state index in [0.29, 0.717) is 5.56 Å². The predicted molar refractivity (Wildman–Crippen MR) is 69.6 cm³/mol. The Balaban J connectivity index is 2.45. The van der Waals surface area contributed by atoms with Gasteiger partial charge in [0.05, 0.1) is 5.69 Å². The normalized spacial score (nSPS) is 11.4. The molecule has 106 valence electrons. The van der Waals surface area contributed by atoms with Crippen LogP contribution >= 0.6 is 0 Å². The number of aromatic nitrogens is 2. The minimum atomic E-state index is -3.62. The van der Waals surface area contributed by atoms with E-state index < -0.39 is 15.8 Å². The third-order valence-electron chi connectivity index (χ3n) is 2.60. The number of hydrogen-bond acceptors (Lipinski definition) is 5. The predicted octanol–water partition coefficient (Wildman–Crippen LogP) is 0.808. The maximum absolute atomic E-state index is 11.4. The fourth-order valence-electron chi connectivity index (χ4n) is 1.74. The summed E-state index contributed by atoms with van der Waals surface area (Å²) in [5.41, 5.74) is 0.466. The first-order valence-electron chi connectivity index (χ1n) is 5.57. The number of nitrogens with zero attached hydrogens (tertiary/aromatic N) is 1. The van der Waals surface area contributed by atoms with Gasteiger partial charge in [-0.2, -0.15) is 0 Å². The van der Waals surface area contributed by atoms with Gasteiger partial charge in [0.1, 0.15) is 5.75 Å². The van der Waals surface area contributed by atoms with Crippen LogP contribution in [0.15, 0.2) is 29.4 Å². The monoisotopic (exact) mass is 296 g/mol. The SMILES string of the molecule is CS(=O)(=O)c1nc(C(=O)O)c(Cc2cccc(O)c2)[nH]1. The summed E-state index contributed by atoms with van der Waals surface area (Å²) in [6.07, 6.45) is 1.06. The van der Waals surface area contributed by atoms with E-state index in [1.165, 1.54) is 12.1 Å². The van der Waals surface area contributed by atoms with Crippen molar-refractivity contribution in [3.63, 3.8) is 0 Å². The Morgan fingerprint density at radius 1 is 1.40 bits per heavy atom. The van der Waals surface area contributed by atoms with Crippen molar-refractivity contribution in [3.8, 4) is 5.75 Å². The van der Waals surface area contributed by atoms with Crippen molar-refractivity contribution in [1.82, 2.24) is 9.97 Å². The van der Waals surface area contributed by atoms with E-state index >= 15 is 0 Å². The van der Waals surface area contributed by atoms with Gasteiger partial charge in [-0.1, -0.05) is 12.1 Å². The number of carboxylic acids is 1. The molecular formula is C12H12N2O5S. The molecule has 0 aliphatic heterocycles. The molecule has 1 heterocycles. The highest BCUT2D eigenvalue weighted by atomic mass is 32.2. The molecule has 1 aromatic heterocycles. The summed E-state index contributed by atoms with van der Waals surface area (Å²) < 4.78 is 22.8. The van der Waals surface area contributed by atoms with E-state index in [2.05, 4.69) is 9.97 Å². The first-order valence-corrected chi connectivity index (χ1v) is 7.46. The van der Waals surface area contributed by atoms with Crippen molar-refractivity contribution in [2.24, 2.45) is 0 Å². The Morgan fingerprint density at radius 3 is 2.65 bits per heavy atom. The minimum Gasteiger partial charge on any atom is -0.508 e. The smallest absolute Gasteiger partial charge is 0.356 e. The number of carboxylic acid groups (broad SMARTS) is 1. The highest BCUT2D eigenvalue weighted by Gasteiger charge is 2.21. The van der Waals surface area contributed by atoms with Gasteiger partial charge in [-0.25, -0.2) is 18.2 Å². The van der Waals surface area contributed by atoms with Crippen molar-refractivity contribution < 1.29 is 23.4 Å². The third-order valence-corrected chi connectivity index (χ3v) is 3.50. The number of imidazole rings is 1. The van der Waals surface area contributed by atoms with E-state index in [-0.39, 0.29) is 28.7 Å². The fourth-order valence-corrected chi connectivity index (χ4v) is 2.30. The summed E-state index contributed by atoms with van der Waals surface area (Å²) >= 11 is 0. The minimum absolute atomic E-state index is 0.0437. The van der Waals surface area contributed by atoms with Crippen molar-refractivity contribution >= 4 is 15.8 Å². The van der Waals surface area contributed by atoms with Crippen LogP contribution in [0.2, 0.25) is 0 Å². The van der Waals surface area contributed by atoms with Crippen LogP contribution in [0.5, 0.6) is 5.75 Å². The van der Waals surface area contributed by atoms with Gasteiger partial charge in [0.2, 0.25) is 15.0 Å². The second-order valence-electron chi connectivity index (χ2n) is 4.29. The topological polar surface area (TPSA) is 120 Å². The second kappa shape index (κ2) is 4.97. The Hall–Kier alpha value is -2.35. The average Bonchev–Trinajstić information content (AvgIpc) is 2.72. The van der Waals surface area contributed by atoms with E-state index in [4.69, 9.17) is 5.11 Å². The van der Waals surface area contributed by atoms with Gasteiger partial charge in [-0.05, 0) is 17.7 Å². The molecule has 0 spiro atoms. The molecule has 0 aliphatic carbocycles. The maximum Gasteiger partial charge on any atom is 0.356 e. The van der Waals surface area contributed by atoms with Gasteiger partial charge >= 0.3 is 5.97 Å². The van der Waals surface area contributed by atoms with Gasteiger partial charge in [0.25, 0.3) is 0 Å². The zero-order valence-electron chi connectivity index (χ0n) is 10.5. The summed E-state index contributed by atoms with van der Waals surface area (Å²) in [4.78, 5) is 17.2. The number of H-pyrrole nitrogens is 1. The molecule has 0 bridgehead atoms. The summed E-state index contributed by atoms with van der Waals surface area (Å²) in [6.45, 7) is 0. The number of aromatic hydroxyl groups is 1. The number of phenols is 1. The van der Waals surface area contributed by atoms with Crippen LogP contribution in [-0.4, -0.2) is 40.8 Å². The molecule has 1 aromatic carbocycles. The van der Waals surface area contributed by atoms with Crippen molar-refractivity contribution in [2.75, 3.05) is 6.26 Å². The van der Waals surface area contributed by atoms with E-state index in [1.807, 2.05) is 0 Å². The molecule has 2 rings (SSSR count). The summed E-state index contributed by atoms with van der Waals surface area (Å²) in [5.74, 6) is -1.27. The highest BCUT2D eigenvalue weighted by molar-refractivity contribution is 7.90. The molecule has 0 amide bonds. The maximum atomic E-state index is 11.4. The number of benzene rings is 1. The highest BCUT2D eigenvalue weighted by Crippen LogP contribution is 2.18. The molecule has 0 saturated carbocycles. The number of aromatic carboxylic acids is 1. The Bertz CT molecular complexity index is 764. The lowest BCUT2D eigenvalue weighted by molar-refractivity contribution is 0.0689. The van der Waals surface area contributed by atoms with Crippen LogP contribution in [0, 0.1) is 0 Å². The zero-order chi connectivity index (χ0) is 14.9. The van der Waals surface area contributed by atoms with E-state index in [1.54, 1.807) is 12.1 Å². The number of rotatable bonds is 4. The van der Waals surface area contributed by atoms with Gasteiger partial charge < -0.3 is 15.2 Å². The quantitative estimate of drug-likeness (QED) is 0.767. The molecule has 0 saturated heterocycles. The van der Waals surface area contributed by atoms with Gasteiger partial charge in [-0.15, -0.1) is 0 Å². The molecule has 0 radical (unpaired) electrons. The molecule has 0 aliphatic rings. The lowest BCUT2D eigenvalue weighted by Crippen LogP contribution is -2.03. The summed E-state index contributed by atoms with van der Waals surface area (Å²) in [7, 11) is -3.62. The number of hydrogen-bond donors (Lipinski definition) is 3. The number of sulfone groups is 1. The second-order valence-corrected chi connectivity index (χ2v) is 6.22. The van der Waals surface area contributed by atoms with Crippen LogP contribution < -0.4 is 0 Å². The van der Waals surface area contributed by atoms with Crippen LogP contribution in [0.4, 0.5) is 0 Å². The van der Waals surface area contributed by atoms with Crippen LogP contribution in [0.25, 0.3) is 0 Å². The fraction of sp³-hybridized carbons (Fsp3) is 0.167. The van der Waals surface area contributed by atoms with Crippen LogP contribution in [0.3, 0.4) is 0 Å². The summed E-state index contributed by atoms with van der Waals surface area (Å²) in [6, 6.07) is 6.24. The molecule has 20 heavy (non-hydrogen) atoms. The number of phenolic OH excluding ortho intramolecular Hbond substituents is 1. The number of aromatic amines is 1. The molecule has 3 N–H and O–H groups in total. The molecule has 0 fully saturated rings. The Kier molecular flexibility index (Phi) is 3.49. The van der Waals surface area contributed by atoms with Crippen molar-refractivity contribution in [2.45, 2.75) is 11.6 Å². The van der Waals surface area contributed by atoms with Crippen molar-refractivity contribution in [3.05, 3.63) is 41.2 Å². The molecule has 7 nitrogen and oxygen atoms in total. The average molecular weight is 296 g/mol. The lowest BCUT2D eigenvalue weighted by Gasteiger charge is -2.01. The van der Waals surface area contributed by atoms with Gasteiger partial charge in [-0.3, -0.25) is 0 Å². The van der Waals surface area contributed by atoms with Gasteiger partial charge in [0, 0.05) is 12.7 Å². The standard InChI is InChI=1S/C12H12N2O5S/c1-20(18,19)12-13-9(10(14-12)11(16)17)6-7-3-2-4-8(15)5-7/h2-5,15H,6H2,1H3,(H,13,14)(H,16,17).